The van der Waals surface area contributed by atoms with Crippen molar-refractivity contribution in [3.63, 3.8) is 0 Å². The molecular weight excluding hydrogens is 248 g/mol. The summed E-state index contributed by atoms with van der Waals surface area (Å²) in [6.07, 6.45) is -0.687. The van der Waals surface area contributed by atoms with Gasteiger partial charge in [-0.3, -0.25) is 14.6 Å². The van der Waals surface area contributed by atoms with Crippen LogP contribution in [-0.4, -0.2) is 37.8 Å². The third kappa shape index (κ3) is 5.31. The summed E-state index contributed by atoms with van der Waals surface area (Å²) in [5.41, 5.74) is 5.51. The summed E-state index contributed by atoms with van der Waals surface area (Å²) >= 11 is 0. The Kier molecular flexibility index (Phi) is 5.69. The first-order valence-corrected chi connectivity index (χ1v) is 5.62. The molecule has 1 rings (SSSR count). The first-order chi connectivity index (χ1) is 9.02. The molecule has 1 unspecified atom stereocenters. The van der Waals surface area contributed by atoms with Gasteiger partial charge in [0.1, 0.15) is 19.0 Å². The number of ether oxygens (including phenoxy) is 2. The second kappa shape index (κ2) is 7.27. The van der Waals surface area contributed by atoms with Crippen molar-refractivity contribution < 1.29 is 19.1 Å². The van der Waals surface area contributed by atoms with Crippen LogP contribution in [0.15, 0.2) is 29.3 Å². The Morgan fingerprint density at radius 1 is 1.47 bits per heavy atom. The highest BCUT2D eigenvalue weighted by Gasteiger charge is 2.09. The van der Waals surface area contributed by atoms with Crippen LogP contribution in [0.3, 0.4) is 0 Å². The molecule has 1 atom stereocenters. The maximum absolute atomic E-state index is 11.2. The van der Waals surface area contributed by atoms with E-state index in [2.05, 4.69) is 11.7 Å². The number of benzene rings is 1. The van der Waals surface area contributed by atoms with Crippen LogP contribution in [0.4, 0.5) is 0 Å². The summed E-state index contributed by atoms with van der Waals surface area (Å²) in [6, 6.07) is 6.74. The minimum Gasteiger partial charge on any atom is -0.489 e. The molecule has 0 bridgehead atoms. The number of primary amides is 1. The third-order valence-corrected chi connectivity index (χ3v) is 2.25. The second-order valence-electron chi connectivity index (χ2n) is 3.81. The summed E-state index contributed by atoms with van der Waals surface area (Å²) in [7, 11) is 0. The molecule has 0 aliphatic heterocycles. The number of rotatable bonds is 8. The monoisotopic (exact) mass is 264 g/mol. The van der Waals surface area contributed by atoms with Gasteiger partial charge < -0.3 is 15.2 Å². The molecule has 102 valence electrons. The molecule has 0 aromatic heterocycles. The fraction of sp³-hybridized carbons (Fsp3) is 0.308. The first kappa shape index (κ1) is 14.8. The quantitative estimate of drug-likeness (QED) is 0.555. The molecule has 0 aliphatic carbocycles. The van der Waals surface area contributed by atoms with E-state index in [0.29, 0.717) is 11.3 Å². The number of nitrogens with two attached hydrogens (primary N) is 1. The lowest BCUT2D eigenvalue weighted by Gasteiger charge is -2.13. The standard InChI is InChI=1S/C13H16N2O4/c1-9(16)10-4-3-5-11(6-10)18-8-13(15-2)19-7-12(14)17/h3-6,13H,2,7-8H2,1H3,(H2,14,17). The maximum atomic E-state index is 11.2. The van der Waals surface area contributed by atoms with Crippen LogP contribution in [0.5, 0.6) is 5.75 Å². The maximum Gasteiger partial charge on any atom is 0.243 e. The van der Waals surface area contributed by atoms with Gasteiger partial charge in [0, 0.05) is 5.56 Å². The zero-order chi connectivity index (χ0) is 14.3. The normalized spacial score (nSPS) is 11.6. The highest BCUT2D eigenvalue weighted by molar-refractivity contribution is 5.94. The minimum absolute atomic E-state index is 0.0474. The lowest BCUT2D eigenvalue weighted by Crippen LogP contribution is -2.26. The van der Waals surface area contributed by atoms with Crippen LogP contribution in [0.25, 0.3) is 0 Å². The average Bonchev–Trinajstić information content (AvgIpc) is 2.39. The number of nitrogens with zero attached hydrogens (tertiary/aromatic N) is 1. The Bertz CT molecular complexity index is 473. The molecule has 0 saturated carbocycles. The number of ketones is 1. The molecule has 6 nitrogen and oxygen atoms in total. The van der Waals surface area contributed by atoms with Gasteiger partial charge in [-0.25, -0.2) is 0 Å². The molecule has 0 spiro atoms. The number of amides is 1. The molecule has 0 radical (unpaired) electrons. The van der Waals surface area contributed by atoms with Crippen molar-refractivity contribution in [2.75, 3.05) is 13.2 Å². The Balaban J connectivity index is 2.54. The van der Waals surface area contributed by atoms with Gasteiger partial charge in [0.25, 0.3) is 0 Å². The van der Waals surface area contributed by atoms with Gasteiger partial charge in [-0.05, 0) is 25.8 Å². The third-order valence-electron chi connectivity index (χ3n) is 2.25. The molecule has 1 aromatic carbocycles. The van der Waals surface area contributed by atoms with Crippen LogP contribution in [0.1, 0.15) is 17.3 Å². The molecule has 1 aromatic rings. The van der Waals surface area contributed by atoms with Crippen molar-refractivity contribution >= 4 is 18.4 Å². The second-order valence-corrected chi connectivity index (χ2v) is 3.81. The summed E-state index contributed by atoms with van der Waals surface area (Å²) in [4.78, 5) is 25.4. The fourth-order valence-electron chi connectivity index (χ4n) is 1.30. The Morgan fingerprint density at radius 3 is 2.79 bits per heavy atom. The van der Waals surface area contributed by atoms with Crippen LogP contribution in [0, 0.1) is 0 Å². The SMILES string of the molecule is C=NC(COc1cccc(C(C)=O)c1)OCC(N)=O. The molecule has 6 heteroatoms. The van der Waals surface area contributed by atoms with Crippen LogP contribution in [0.2, 0.25) is 0 Å². The summed E-state index contributed by atoms with van der Waals surface area (Å²) in [5, 5.41) is 0. The molecule has 0 fully saturated rings. The van der Waals surface area contributed by atoms with E-state index in [1.54, 1.807) is 24.3 Å². The topological polar surface area (TPSA) is 91.0 Å². The summed E-state index contributed by atoms with van der Waals surface area (Å²) < 4.78 is 10.5. The number of carbonyl (C=O) groups excluding carboxylic acids is 2. The fourth-order valence-corrected chi connectivity index (χ4v) is 1.30. The molecule has 2 N–H and O–H groups in total. The van der Waals surface area contributed by atoms with E-state index in [9.17, 15) is 9.59 Å². The van der Waals surface area contributed by atoms with Crippen molar-refractivity contribution in [2.24, 2.45) is 10.7 Å². The van der Waals surface area contributed by atoms with Gasteiger partial charge in [-0.15, -0.1) is 0 Å². The molecule has 1 amide bonds. The summed E-state index contributed by atoms with van der Waals surface area (Å²) in [5.74, 6) is -0.120. The molecule has 19 heavy (non-hydrogen) atoms. The van der Waals surface area contributed by atoms with E-state index in [1.165, 1.54) is 6.92 Å². The Labute approximate surface area is 111 Å². The van der Waals surface area contributed by atoms with E-state index >= 15 is 0 Å². The Hall–Kier alpha value is -2.21. The molecule has 0 aliphatic rings. The number of hydrogen-bond acceptors (Lipinski definition) is 5. The van der Waals surface area contributed by atoms with Crippen molar-refractivity contribution in [3.8, 4) is 5.75 Å². The summed E-state index contributed by atoms with van der Waals surface area (Å²) in [6.45, 7) is 4.64. The highest BCUT2D eigenvalue weighted by atomic mass is 16.5. The Morgan fingerprint density at radius 2 is 2.21 bits per heavy atom. The van der Waals surface area contributed by atoms with Gasteiger partial charge in [0.15, 0.2) is 12.0 Å². The lowest BCUT2D eigenvalue weighted by molar-refractivity contribution is -0.124. The molecular formula is C13H16N2O4. The molecule has 0 saturated heterocycles. The zero-order valence-corrected chi connectivity index (χ0v) is 10.7. The van der Waals surface area contributed by atoms with Gasteiger partial charge in [-0.1, -0.05) is 12.1 Å². The molecule has 0 heterocycles. The van der Waals surface area contributed by atoms with E-state index in [1.807, 2.05) is 0 Å². The number of hydrogen-bond donors (Lipinski definition) is 1. The predicted octanol–water partition coefficient (Wildman–Crippen LogP) is 0.797. The van der Waals surface area contributed by atoms with E-state index < -0.39 is 12.1 Å². The first-order valence-electron chi connectivity index (χ1n) is 5.62. The van der Waals surface area contributed by atoms with Gasteiger partial charge >= 0.3 is 0 Å². The van der Waals surface area contributed by atoms with Crippen molar-refractivity contribution in [3.05, 3.63) is 29.8 Å². The van der Waals surface area contributed by atoms with Crippen LogP contribution < -0.4 is 10.5 Å². The van der Waals surface area contributed by atoms with Crippen molar-refractivity contribution in [2.45, 2.75) is 13.2 Å². The largest absolute Gasteiger partial charge is 0.489 e. The van der Waals surface area contributed by atoms with Crippen molar-refractivity contribution in [1.82, 2.24) is 0 Å². The van der Waals surface area contributed by atoms with E-state index in [4.69, 9.17) is 15.2 Å². The van der Waals surface area contributed by atoms with Gasteiger partial charge in [0.05, 0.1) is 0 Å². The lowest BCUT2D eigenvalue weighted by atomic mass is 10.1. The van der Waals surface area contributed by atoms with Gasteiger partial charge in [-0.2, -0.15) is 0 Å². The number of aliphatic imine (C=N–C) groups is 1. The van der Waals surface area contributed by atoms with E-state index in [0.717, 1.165) is 0 Å². The van der Waals surface area contributed by atoms with E-state index in [-0.39, 0.29) is 19.0 Å². The minimum atomic E-state index is -0.687. The average molecular weight is 264 g/mol. The highest BCUT2D eigenvalue weighted by Crippen LogP contribution is 2.14. The van der Waals surface area contributed by atoms with Crippen LogP contribution >= 0.6 is 0 Å². The predicted molar refractivity (Wildman–Crippen MR) is 70.4 cm³/mol. The van der Waals surface area contributed by atoms with Crippen LogP contribution in [-0.2, 0) is 9.53 Å². The number of Topliss-reactive ketones (excluding diaryl/α,β-unsaturated/α-hetero) is 1. The van der Waals surface area contributed by atoms with Gasteiger partial charge in [0.2, 0.25) is 5.91 Å². The van der Waals surface area contributed by atoms with Crippen molar-refractivity contribution in [1.29, 1.82) is 0 Å². The zero-order valence-electron chi connectivity index (χ0n) is 10.7. The number of carbonyl (C=O) groups is 2. The smallest absolute Gasteiger partial charge is 0.243 e.